The molecule has 108 valence electrons. The van der Waals surface area contributed by atoms with Crippen LogP contribution in [0.5, 0.6) is 5.75 Å². The highest BCUT2D eigenvalue weighted by Crippen LogP contribution is 2.27. The maximum absolute atomic E-state index is 10.00. The van der Waals surface area contributed by atoms with Gasteiger partial charge in [0.1, 0.15) is 5.75 Å². The first-order valence-corrected chi connectivity index (χ1v) is 7.37. The predicted octanol–water partition coefficient (Wildman–Crippen LogP) is 3.35. The quantitative estimate of drug-likeness (QED) is 0.750. The SMILES string of the molecule is Cc1cc(Br)cc(CNCC(C)(C)CC(C)O)c1O. The van der Waals surface area contributed by atoms with E-state index in [4.69, 9.17) is 0 Å². The molecule has 1 aromatic rings. The number of phenolic OH excluding ortho intramolecular Hbond substituents is 1. The number of aromatic hydroxyl groups is 1. The summed E-state index contributed by atoms with van der Waals surface area (Å²) in [7, 11) is 0. The predicted molar refractivity (Wildman–Crippen MR) is 82.3 cm³/mol. The van der Waals surface area contributed by atoms with E-state index >= 15 is 0 Å². The Morgan fingerprint density at radius 2 is 2.00 bits per heavy atom. The molecule has 0 saturated heterocycles. The monoisotopic (exact) mass is 329 g/mol. The van der Waals surface area contributed by atoms with Crippen LogP contribution in [0.25, 0.3) is 0 Å². The summed E-state index contributed by atoms with van der Waals surface area (Å²) in [6.45, 7) is 9.36. The van der Waals surface area contributed by atoms with Crippen molar-refractivity contribution in [1.82, 2.24) is 5.32 Å². The molecule has 0 amide bonds. The molecule has 0 fully saturated rings. The van der Waals surface area contributed by atoms with E-state index in [0.29, 0.717) is 12.3 Å². The van der Waals surface area contributed by atoms with Gasteiger partial charge in [-0.1, -0.05) is 29.8 Å². The molecular formula is C15H24BrNO2. The maximum Gasteiger partial charge on any atom is 0.123 e. The zero-order valence-electron chi connectivity index (χ0n) is 12.1. The Bertz CT molecular complexity index is 430. The lowest BCUT2D eigenvalue weighted by Gasteiger charge is -2.26. The van der Waals surface area contributed by atoms with Crippen LogP contribution in [0.3, 0.4) is 0 Å². The number of rotatable bonds is 6. The minimum atomic E-state index is -0.293. The molecule has 3 N–H and O–H groups in total. The Morgan fingerprint density at radius 3 is 2.58 bits per heavy atom. The first kappa shape index (κ1) is 16.5. The van der Waals surface area contributed by atoms with Crippen molar-refractivity contribution in [2.45, 2.75) is 46.8 Å². The van der Waals surface area contributed by atoms with Gasteiger partial charge in [-0.2, -0.15) is 0 Å². The smallest absolute Gasteiger partial charge is 0.123 e. The van der Waals surface area contributed by atoms with Gasteiger partial charge in [0.15, 0.2) is 0 Å². The molecule has 0 radical (unpaired) electrons. The minimum absolute atomic E-state index is 0.0326. The zero-order chi connectivity index (χ0) is 14.6. The van der Waals surface area contributed by atoms with Crippen LogP contribution in [0.4, 0.5) is 0 Å². The molecule has 0 aliphatic rings. The molecule has 4 heteroatoms. The largest absolute Gasteiger partial charge is 0.507 e. The Morgan fingerprint density at radius 1 is 1.37 bits per heavy atom. The molecule has 1 unspecified atom stereocenters. The third-order valence-electron chi connectivity index (χ3n) is 3.11. The lowest BCUT2D eigenvalue weighted by molar-refractivity contribution is 0.128. The molecule has 0 aliphatic heterocycles. The van der Waals surface area contributed by atoms with Crippen molar-refractivity contribution in [1.29, 1.82) is 0 Å². The standard InChI is InChI=1S/C15H24BrNO2/c1-10-5-13(16)6-12(14(10)19)8-17-9-15(3,4)7-11(2)18/h5-6,11,17-19H,7-9H2,1-4H3. The van der Waals surface area contributed by atoms with E-state index in [0.717, 1.165) is 28.6 Å². The highest BCUT2D eigenvalue weighted by Gasteiger charge is 2.20. The lowest BCUT2D eigenvalue weighted by atomic mass is 9.87. The summed E-state index contributed by atoms with van der Waals surface area (Å²) in [6, 6.07) is 3.83. The highest BCUT2D eigenvalue weighted by molar-refractivity contribution is 9.10. The van der Waals surface area contributed by atoms with Crippen LogP contribution in [0.15, 0.2) is 16.6 Å². The van der Waals surface area contributed by atoms with Crippen molar-refractivity contribution in [2.24, 2.45) is 5.41 Å². The van der Waals surface area contributed by atoms with Crippen LogP contribution in [-0.4, -0.2) is 22.9 Å². The summed E-state index contributed by atoms with van der Waals surface area (Å²) in [5, 5.41) is 22.8. The first-order valence-electron chi connectivity index (χ1n) is 6.58. The van der Waals surface area contributed by atoms with E-state index in [1.165, 1.54) is 0 Å². The van der Waals surface area contributed by atoms with E-state index in [-0.39, 0.29) is 11.5 Å². The van der Waals surface area contributed by atoms with Gasteiger partial charge in [-0.05, 0) is 43.4 Å². The number of hydrogen-bond acceptors (Lipinski definition) is 3. The third-order valence-corrected chi connectivity index (χ3v) is 3.57. The van der Waals surface area contributed by atoms with Crippen LogP contribution in [0, 0.1) is 12.3 Å². The van der Waals surface area contributed by atoms with Crippen LogP contribution in [-0.2, 0) is 6.54 Å². The summed E-state index contributed by atoms with van der Waals surface area (Å²) in [5.41, 5.74) is 1.79. The van der Waals surface area contributed by atoms with E-state index in [2.05, 4.69) is 35.1 Å². The van der Waals surface area contributed by atoms with Crippen molar-refractivity contribution in [2.75, 3.05) is 6.54 Å². The van der Waals surface area contributed by atoms with Crippen molar-refractivity contribution in [3.8, 4) is 5.75 Å². The van der Waals surface area contributed by atoms with Gasteiger partial charge < -0.3 is 15.5 Å². The molecule has 1 rings (SSSR count). The average Bonchev–Trinajstić information content (AvgIpc) is 2.22. The number of benzene rings is 1. The Balaban J connectivity index is 2.58. The molecule has 3 nitrogen and oxygen atoms in total. The Labute approximate surface area is 124 Å². The van der Waals surface area contributed by atoms with Crippen LogP contribution in [0.1, 0.15) is 38.3 Å². The van der Waals surface area contributed by atoms with Crippen LogP contribution in [0.2, 0.25) is 0 Å². The number of halogens is 1. The molecule has 0 aromatic heterocycles. The number of hydrogen-bond donors (Lipinski definition) is 3. The fourth-order valence-electron chi connectivity index (χ4n) is 2.35. The normalized spacial score (nSPS) is 13.6. The van der Waals surface area contributed by atoms with E-state index in [1.807, 2.05) is 26.0 Å². The minimum Gasteiger partial charge on any atom is -0.507 e. The van der Waals surface area contributed by atoms with E-state index in [1.54, 1.807) is 0 Å². The molecule has 0 saturated carbocycles. The topological polar surface area (TPSA) is 52.5 Å². The fourth-order valence-corrected chi connectivity index (χ4v) is 2.97. The number of nitrogens with one attached hydrogen (secondary N) is 1. The molecule has 1 aromatic carbocycles. The molecule has 0 bridgehead atoms. The summed E-state index contributed by atoms with van der Waals surface area (Å²) in [4.78, 5) is 0. The molecular weight excluding hydrogens is 306 g/mol. The van der Waals surface area contributed by atoms with Gasteiger partial charge in [-0.15, -0.1) is 0 Å². The van der Waals surface area contributed by atoms with Crippen molar-refractivity contribution in [3.63, 3.8) is 0 Å². The zero-order valence-corrected chi connectivity index (χ0v) is 13.7. The second-order valence-corrected chi connectivity index (χ2v) is 6.97. The third kappa shape index (κ3) is 5.51. The molecule has 0 spiro atoms. The second kappa shape index (κ2) is 6.73. The number of aliphatic hydroxyl groups is 1. The van der Waals surface area contributed by atoms with Crippen molar-refractivity contribution in [3.05, 3.63) is 27.7 Å². The number of aryl methyl sites for hydroxylation is 1. The van der Waals surface area contributed by atoms with E-state index < -0.39 is 0 Å². The summed E-state index contributed by atoms with van der Waals surface area (Å²) >= 11 is 3.44. The molecule has 0 heterocycles. The van der Waals surface area contributed by atoms with Crippen molar-refractivity contribution < 1.29 is 10.2 Å². The first-order chi connectivity index (χ1) is 8.71. The molecule has 0 aliphatic carbocycles. The summed E-state index contributed by atoms with van der Waals surface area (Å²) in [5.74, 6) is 0.351. The highest BCUT2D eigenvalue weighted by atomic mass is 79.9. The van der Waals surface area contributed by atoms with Gasteiger partial charge in [0.25, 0.3) is 0 Å². The van der Waals surface area contributed by atoms with Gasteiger partial charge in [0.2, 0.25) is 0 Å². The lowest BCUT2D eigenvalue weighted by Crippen LogP contribution is -2.31. The van der Waals surface area contributed by atoms with Gasteiger partial charge >= 0.3 is 0 Å². The van der Waals surface area contributed by atoms with Gasteiger partial charge in [-0.25, -0.2) is 0 Å². The maximum atomic E-state index is 10.00. The second-order valence-electron chi connectivity index (χ2n) is 6.05. The number of phenols is 1. The molecule has 1 atom stereocenters. The Hall–Kier alpha value is -0.580. The van der Waals surface area contributed by atoms with Gasteiger partial charge in [0, 0.05) is 23.1 Å². The summed E-state index contributed by atoms with van der Waals surface area (Å²) < 4.78 is 0.975. The summed E-state index contributed by atoms with van der Waals surface area (Å²) in [6.07, 6.45) is 0.460. The van der Waals surface area contributed by atoms with Crippen molar-refractivity contribution >= 4 is 15.9 Å². The molecule has 19 heavy (non-hydrogen) atoms. The van der Waals surface area contributed by atoms with Gasteiger partial charge in [-0.3, -0.25) is 0 Å². The fraction of sp³-hybridized carbons (Fsp3) is 0.600. The van der Waals surface area contributed by atoms with Crippen LogP contribution >= 0.6 is 15.9 Å². The Kier molecular flexibility index (Phi) is 5.83. The van der Waals surface area contributed by atoms with E-state index in [9.17, 15) is 10.2 Å². The van der Waals surface area contributed by atoms with Crippen LogP contribution < -0.4 is 5.32 Å². The van der Waals surface area contributed by atoms with Gasteiger partial charge in [0.05, 0.1) is 6.10 Å². The average molecular weight is 330 g/mol. The number of aliphatic hydroxyl groups excluding tert-OH is 1.